The number of nitrogens with one attached hydrogen (secondary N) is 2. The number of carbonyl (C=O) groups excluding carboxylic acids is 1. The first-order valence-electron chi connectivity index (χ1n) is 9.07. The predicted octanol–water partition coefficient (Wildman–Crippen LogP) is 3.59. The lowest BCUT2D eigenvalue weighted by Gasteiger charge is -2.14. The summed E-state index contributed by atoms with van der Waals surface area (Å²) in [7, 11) is -3.73. The molecule has 0 saturated carbocycles. The van der Waals surface area contributed by atoms with Crippen LogP contribution in [0.4, 0.5) is 5.13 Å². The van der Waals surface area contributed by atoms with E-state index in [1.165, 1.54) is 0 Å². The Morgan fingerprint density at radius 3 is 2.70 bits per heavy atom. The molecule has 0 aliphatic rings. The minimum absolute atomic E-state index is 0.146. The molecule has 1 aromatic heterocycles. The molecular weight excluding hydrogens is 384 g/mol. The second kappa shape index (κ2) is 9.91. The highest BCUT2D eigenvalue weighted by molar-refractivity contribution is 7.91. The molecule has 0 bridgehead atoms. The highest BCUT2D eigenvalue weighted by atomic mass is 32.2. The minimum Gasteiger partial charge on any atom is -0.296 e. The van der Waals surface area contributed by atoms with Gasteiger partial charge in [-0.25, -0.2) is 13.1 Å². The fourth-order valence-electron chi connectivity index (χ4n) is 2.56. The number of nitrogens with zero attached hydrogens (tertiary/aromatic N) is 2. The second-order valence-electron chi connectivity index (χ2n) is 6.47. The van der Waals surface area contributed by atoms with Crippen molar-refractivity contribution in [3.8, 4) is 0 Å². The molecule has 148 valence electrons. The van der Waals surface area contributed by atoms with E-state index in [2.05, 4.69) is 34.1 Å². The van der Waals surface area contributed by atoms with Gasteiger partial charge in [-0.15, -0.1) is 10.2 Å². The van der Waals surface area contributed by atoms with Gasteiger partial charge in [-0.2, -0.15) is 0 Å². The molecule has 0 saturated heterocycles. The average Bonchev–Trinajstić information content (AvgIpc) is 3.11. The van der Waals surface area contributed by atoms with Crippen LogP contribution in [0.25, 0.3) is 0 Å². The lowest BCUT2D eigenvalue weighted by molar-refractivity contribution is 0.102. The fraction of sp³-hybridized carbons (Fsp3) is 0.500. The molecule has 2 rings (SSSR count). The third kappa shape index (κ3) is 6.37. The zero-order valence-electron chi connectivity index (χ0n) is 15.9. The number of amides is 1. The standard InChI is InChI=1S/C18H26N4O3S2/c1-4-6-9-14(5-2)12-19-27(24,25)18-22-21-17(26-18)20-16(23)15-10-7-8-13(3)11-15/h7-8,10-11,14,19H,4-6,9,12H2,1-3H3,(H,20,21,23)/t14-/m0/s1. The molecule has 0 aliphatic carbocycles. The van der Waals surface area contributed by atoms with E-state index in [-0.39, 0.29) is 15.4 Å². The SMILES string of the molecule is CCCC[C@H](CC)CNS(=O)(=O)c1nnc(NC(=O)c2cccc(C)c2)s1. The molecule has 2 N–H and O–H groups in total. The number of unbranched alkanes of at least 4 members (excludes halogenated alkanes) is 1. The van der Waals surface area contributed by atoms with Gasteiger partial charge >= 0.3 is 0 Å². The van der Waals surface area contributed by atoms with Crippen LogP contribution < -0.4 is 10.0 Å². The maximum absolute atomic E-state index is 12.4. The van der Waals surface area contributed by atoms with E-state index < -0.39 is 10.0 Å². The Hall–Kier alpha value is -1.84. The van der Waals surface area contributed by atoms with Gasteiger partial charge in [0.15, 0.2) is 0 Å². The van der Waals surface area contributed by atoms with Gasteiger partial charge in [-0.3, -0.25) is 10.1 Å². The van der Waals surface area contributed by atoms with Crippen molar-refractivity contribution in [2.45, 2.75) is 50.8 Å². The topological polar surface area (TPSA) is 101 Å². The van der Waals surface area contributed by atoms with Crippen LogP contribution in [0.5, 0.6) is 0 Å². The lowest BCUT2D eigenvalue weighted by atomic mass is 10.00. The molecule has 1 amide bonds. The average molecular weight is 411 g/mol. The maximum Gasteiger partial charge on any atom is 0.269 e. The van der Waals surface area contributed by atoms with Crippen LogP contribution in [0.2, 0.25) is 0 Å². The van der Waals surface area contributed by atoms with Gasteiger partial charge in [0, 0.05) is 12.1 Å². The van der Waals surface area contributed by atoms with Crippen molar-refractivity contribution in [1.29, 1.82) is 0 Å². The molecule has 27 heavy (non-hydrogen) atoms. The molecular formula is C18H26N4O3S2. The van der Waals surface area contributed by atoms with E-state index >= 15 is 0 Å². The van der Waals surface area contributed by atoms with Crippen molar-refractivity contribution in [1.82, 2.24) is 14.9 Å². The number of aromatic nitrogens is 2. The Bertz CT molecular complexity index is 865. The summed E-state index contributed by atoms with van der Waals surface area (Å²) in [6.45, 7) is 6.44. The molecule has 0 unspecified atom stereocenters. The van der Waals surface area contributed by atoms with Crippen molar-refractivity contribution in [2.75, 3.05) is 11.9 Å². The van der Waals surface area contributed by atoms with Gasteiger partial charge in [0.2, 0.25) is 9.47 Å². The van der Waals surface area contributed by atoms with Gasteiger partial charge in [0.25, 0.3) is 15.9 Å². The van der Waals surface area contributed by atoms with E-state index in [4.69, 9.17) is 0 Å². The number of sulfonamides is 1. The van der Waals surface area contributed by atoms with Crippen molar-refractivity contribution in [3.63, 3.8) is 0 Å². The number of carbonyl (C=O) groups is 1. The van der Waals surface area contributed by atoms with Gasteiger partial charge in [0.1, 0.15) is 0 Å². The molecule has 1 aromatic carbocycles. The first-order chi connectivity index (χ1) is 12.9. The van der Waals surface area contributed by atoms with Crippen molar-refractivity contribution >= 4 is 32.4 Å². The van der Waals surface area contributed by atoms with Crippen molar-refractivity contribution < 1.29 is 13.2 Å². The normalized spacial score (nSPS) is 12.7. The molecule has 0 fully saturated rings. The zero-order chi connectivity index (χ0) is 19.9. The van der Waals surface area contributed by atoms with Crippen LogP contribution in [0.15, 0.2) is 28.6 Å². The number of rotatable bonds is 10. The highest BCUT2D eigenvalue weighted by Gasteiger charge is 2.22. The van der Waals surface area contributed by atoms with Crippen LogP contribution in [0, 0.1) is 12.8 Å². The molecule has 0 aliphatic heterocycles. The maximum atomic E-state index is 12.4. The minimum atomic E-state index is -3.73. The third-order valence-corrected chi connectivity index (χ3v) is 6.87. The predicted molar refractivity (Wildman–Crippen MR) is 108 cm³/mol. The first-order valence-corrected chi connectivity index (χ1v) is 11.4. The Morgan fingerprint density at radius 2 is 2.04 bits per heavy atom. The summed E-state index contributed by atoms with van der Waals surface area (Å²) in [4.78, 5) is 12.2. The largest absolute Gasteiger partial charge is 0.296 e. The van der Waals surface area contributed by atoms with Crippen LogP contribution in [0.1, 0.15) is 55.5 Å². The molecule has 2 aromatic rings. The summed E-state index contributed by atoms with van der Waals surface area (Å²) in [5.41, 5.74) is 1.44. The Labute approximate surface area is 164 Å². The van der Waals surface area contributed by atoms with Crippen LogP contribution in [-0.4, -0.2) is 31.1 Å². The summed E-state index contributed by atoms with van der Waals surface area (Å²) < 4.78 is 27.3. The number of aryl methyl sites for hydroxylation is 1. The van der Waals surface area contributed by atoms with Gasteiger partial charge in [-0.05, 0) is 31.4 Å². The number of anilines is 1. The second-order valence-corrected chi connectivity index (χ2v) is 9.38. The monoisotopic (exact) mass is 410 g/mol. The van der Waals surface area contributed by atoms with Crippen molar-refractivity contribution in [2.24, 2.45) is 5.92 Å². The summed E-state index contributed by atoms with van der Waals surface area (Å²) in [5.74, 6) is -0.0505. The lowest BCUT2D eigenvalue weighted by Crippen LogP contribution is -2.29. The Kier molecular flexibility index (Phi) is 7.88. The van der Waals surface area contributed by atoms with E-state index in [1.807, 2.05) is 13.0 Å². The first kappa shape index (κ1) is 21.5. The summed E-state index contributed by atoms with van der Waals surface area (Å²) >= 11 is 0.840. The summed E-state index contributed by atoms with van der Waals surface area (Å²) in [5, 5.41) is 10.3. The number of hydrogen-bond donors (Lipinski definition) is 2. The molecule has 9 heteroatoms. The van der Waals surface area contributed by atoms with Gasteiger partial charge in [-0.1, -0.05) is 62.1 Å². The van der Waals surface area contributed by atoms with Crippen molar-refractivity contribution in [3.05, 3.63) is 35.4 Å². The quantitative estimate of drug-likeness (QED) is 0.583. The van der Waals surface area contributed by atoms with Gasteiger partial charge < -0.3 is 0 Å². The summed E-state index contributed by atoms with van der Waals surface area (Å²) in [6.07, 6.45) is 4.07. The smallest absolute Gasteiger partial charge is 0.269 e. The van der Waals surface area contributed by atoms with Crippen LogP contribution in [0.3, 0.4) is 0 Å². The molecule has 7 nitrogen and oxygen atoms in total. The molecule has 0 radical (unpaired) electrons. The fourth-order valence-corrected chi connectivity index (χ4v) is 4.61. The van der Waals surface area contributed by atoms with Gasteiger partial charge in [0.05, 0.1) is 0 Å². The Balaban J connectivity index is 1.99. The van der Waals surface area contributed by atoms with E-state index in [9.17, 15) is 13.2 Å². The molecule has 1 heterocycles. The third-order valence-electron chi connectivity index (χ3n) is 4.24. The zero-order valence-corrected chi connectivity index (χ0v) is 17.5. The number of benzene rings is 1. The Morgan fingerprint density at radius 1 is 1.26 bits per heavy atom. The summed E-state index contributed by atoms with van der Waals surface area (Å²) in [6, 6.07) is 7.11. The van der Waals surface area contributed by atoms with E-state index in [1.54, 1.807) is 18.2 Å². The molecule has 1 atom stereocenters. The van der Waals surface area contributed by atoms with Crippen LogP contribution >= 0.6 is 11.3 Å². The van der Waals surface area contributed by atoms with E-state index in [0.717, 1.165) is 42.6 Å². The number of hydrogen-bond acceptors (Lipinski definition) is 6. The molecule has 0 spiro atoms. The van der Waals surface area contributed by atoms with Crippen LogP contribution in [-0.2, 0) is 10.0 Å². The van der Waals surface area contributed by atoms with E-state index in [0.29, 0.717) is 18.0 Å². The highest BCUT2D eigenvalue weighted by Crippen LogP contribution is 2.21.